The van der Waals surface area contributed by atoms with E-state index in [1.165, 1.54) is 35.9 Å². The monoisotopic (exact) mass is 465 g/mol. The molecule has 2 atom stereocenters. The van der Waals surface area contributed by atoms with Crippen LogP contribution in [0.4, 0.5) is 8.78 Å². The molecule has 2 aliphatic carbocycles. The average Bonchev–Trinajstić information content (AvgIpc) is 3.14. The highest BCUT2D eigenvalue weighted by molar-refractivity contribution is 5.95. The number of benzene rings is 2. The lowest BCUT2D eigenvalue weighted by Gasteiger charge is -2.46. The fraction of sp³-hybridized carbons (Fsp3) is 0.444. The van der Waals surface area contributed by atoms with Crippen LogP contribution in [0.3, 0.4) is 0 Å². The van der Waals surface area contributed by atoms with Crippen LogP contribution in [-0.2, 0) is 19.3 Å². The number of ether oxygens (including phenoxy) is 1. The van der Waals surface area contributed by atoms with Crippen LogP contribution >= 0.6 is 0 Å². The van der Waals surface area contributed by atoms with Gasteiger partial charge in [-0.25, -0.2) is 8.78 Å². The minimum Gasteiger partial charge on any atom is -0.489 e. The highest BCUT2D eigenvalue weighted by Crippen LogP contribution is 2.38. The van der Waals surface area contributed by atoms with Gasteiger partial charge in [-0.3, -0.25) is 9.69 Å². The zero-order valence-corrected chi connectivity index (χ0v) is 19.1. The number of carbonyl (C=O) groups excluding carboxylic acids is 1. The number of aryl methyl sites for hydroxylation is 1. The Balaban J connectivity index is 1.26. The second kappa shape index (κ2) is 8.38. The molecule has 5 nitrogen and oxygen atoms in total. The lowest BCUT2D eigenvalue weighted by molar-refractivity contribution is 0.0283. The molecular weight excluding hydrogens is 436 g/mol. The molecule has 0 radical (unpaired) electrons. The van der Waals surface area contributed by atoms with Crippen LogP contribution in [0.15, 0.2) is 30.3 Å². The number of fused-ring (bicyclic) bond motifs is 4. The maximum atomic E-state index is 14.4. The second-order valence-corrected chi connectivity index (χ2v) is 10.1. The van der Waals surface area contributed by atoms with E-state index in [4.69, 9.17) is 10.5 Å². The summed E-state index contributed by atoms with van der Waals surface area (Å²) in [6.07, 6.45) is 6.98. The standard InChI is InChI=1S/C27H29F2N3O2/c28-16-5-9-25-21(11-16)20-10-15(4-8-24(20)31-25)13-32(17-2-1-3-17)18-12-22-19(27(30)33)6-7-23(29)26(22)34-14-18/h5-7,9,11,15,17-18,31H,1-4,8,10,12-14H2,(H2,30,33)/t15-,18-/m1/s1. The zero-order valence-electron chi connectivity index (χ0n) is 19.1. The van der Waals surface area contributed by atoms with Crippen molar-refractivity contribution in [2.24, 2.45) is 11.7 Å². The molecule has 34 heavy (non-hydrogen) atoms. The number of carbonyl (C=O) groups is 1. The summed E-state index contributed by atoms with van der Waals surface area (Å²) < 4.78 is 34.2. The normalized spacial score (nSPS) is 22.2. The third kappa shape index (κ3) is 3.66. The molecule has 1 saturated carbocycles. The number of rotatable bonds is 5. The van der Waals surface area contributed by atoms with Gasteiger partial charge in [0.15, 0.2) is 11.6 Å². The Bertz CT molecular complexity index is 1270. The van der Waals surface area contributed by atoms with Crippen LogP contribution in [-0.4, -0.2) is 41.0 Å². The van der Waals surface area contributed by atoms with E-state index in [0.29, 0.717) is 36.1 Å². The van der Waals surface area contributed by atoms with Crippen LogP contribution in [0.2, 0.25) is 0 Å². The molecule has 1 amide bonds. The number of hydrogen-bond acceptors (Lipinski definition) is 3. The highest BCUT2D eigenvalue weighted by Gasteiger charge is 2.37. The molecule has 178 valence electrons. The first-order valence-electron chi connectivity index (χ1n) is 12.3. The Morgan fingerprint density at radius 1 is 1.09 bits per heavy atom. The largest absolute Gasteiger partial charge is 0.489 e. The SMILES string of the molecule is NC(=O)c1ccc(F)c2c1C[C@@H](N(C[C@@H]1CCc3[nH]c4ccc(F)cc4c3C1)C1CCC1)CO2. The Labute approximate surface area is 197 Å². The number of H-pyrrole nitrogens is 1. The van der Waals surface area contributed by atoms with Gasteiger partial charge >= 0.3 is 0 Å². The smallest absolute Gasteiger partial charge is 0.249 e. The van der Waals surface area contributed by atoms with Gasteiger partial charge in [0.05, 0.1) is 0 Å². The van der Waals surface area contributed by atoms with Gasteiger partial charge in [0.2, 0.25) is 5.91 Å². The highest BCUT2D eigenvalue weighted by atomic mass is 19.1. The van der Waals surface area contributed by atoms with E-state index >= 15 is 0 Å². The van der Waals surface area contributed by atoms with Gasteiger partial charge < -0.3 is 15.5 Å². The first-order valence-corrected chi connectivity index (χ1v) is 12.3. The van der Waals surface area contributed by atoms with E-state index in [9.17, 15) is 13.6 Å². The van der Waals surface area contributed by atoms with E-state index < -0.39 is 11.7 Å². The summed E-state index contributed by atoms with van der Waals surface area (Å²) in [5.74, 6) is -0.589. The predicted octanol–water partition coefficient (Wildman–Crippen LogP) is 4.51. The van der Waals surface area contributed by atoms with Crippen molar-refractivity contribution in [2.45, 2.75) is 57.0 Å². The molecule has 6 rings (SSSR count). The minimum absolute atomic E-state index is 0.0690. The van der Waals surface area contributed by atoms with Crippen molar-refractivity contribution in [1.29, 1.82) is 0 Å². The summed E-state index contributed by atoms with van der Waals surface area (Å²) in [7, 11) is 0. The Kier molecular flexibility index (Phi) is 5.32. The molecule has 3 N–H and O–H groups in total. The third-order valence-corrected chi connectivity index (χ3v) is 8.07. The number of aromatic nitrogens is 1. The van der Waals surface area contributed by atoms with Gasteiger partial charge in [-0.05, 0) is 80.3 Å². The Morgan fingerprint density at radius 2 is 1.94 bits per heavy atom. The van der Waals surface area contributed by atoms with Crippen LogP contribution < -0.4 is 10.5 Å². The molecule has 1 aromatic heterocycles. The van der Waals surface area contributed by atoms with Crippen LogP contribution in [0.5, 0.6) is 5.75 Å². The Hall–Kier alpha value is -2.93. The summed E-state index contributed by atoms with van der Waals surface area (Å²) in [4.78, 5) is 18.0. The first kappa shape index (κ1) is 21.6. The molecule has 0 bridgehead atoms. The number of nitrogens with zero attached hydrogens (tertiary/aromatic N) is 1. The zero-order chi connectivity index (χ0) is 23.4. The van der Waals surface area contributed by atoms with E-state index in [1.54, 1.807) is 6.07 Å². The van der Waals surface area contributed by atoms with Gasteiger partial charge in [-0.1, -0.05) is 6.42 Å². The van der Waals surface area contributed by atoms with Crippen LogP contribution in [0.1, 0.15) is 52.9 Å². The topological polar surface area (TPSA) is 71.4 Å². The Morgan fingerprint density at radius 3 is 2.71 bits per heavy atom. The summed E-state index contributed by atoms with van der Waals surface area (Å²) in [6.45, 7) is 1.32. The fourth-order valence-corrected chi connectivity index (χ4v) is 6.11. The molecule has 2 aromatic carbocycles. The van der Waals surface area contributed by atoms with Crippen molar-refractivity contribution < 1.29 is 18.3 Å². The maximum absolute atomic E-state index is 14.4. The molecule has 1 fully saturated rings. The van der Waals surface area contributed by atoms with Crippen molar-refractivity contribution in [2.75, 3.05) is 13.2 Å². The molecule has 0 saturated heterocycles. The van der Waals surface area contributed by atoms with E-state index in [2.05, 4.69) is 9.88 Å². The fourth-order valence-electron chi connectivity index (χ4n) is 6.11. The maximum Gasteiger partial charge on any atom is 0.249 e. The number of primary amides is 1. The van der Waals surface area contributed by atoms with Crippen molar-refractivity contribution in [3.63, 3.8) is 0 Å². The van der Waals surface area contributed by atoms with Crippen molar-refractivity contribution in [1.82, 2.24) is 9.88 Å². The quantitative estimate of drug-likeness (QED) is 0.583. The molecule has 3 aliphatic rings. The van der Waals surface area contributed by atoms with Gasteiger partial charge in [0.1, 0.15) is 12.4 Å². The third-order valence-electron chi connectivity index (χ3n) is 8.07. The van der Waals surface area contributed by atoms with Gasteiger partial charge in [-0.2, -0.15) is 0 Å². The number of nitrogens with two attached hydrogens (primary N) is 1. The summed E-state index contributed by atoms with van der Waals surface area (Å²) in [6, 6.07) is 8.24. The molecular formula is C27H29F2N3O2. The molecule has 0 spiro atoms. The van der Waals surface area contributed by atoms with Gasteiger partial charge in [0, 0.05) is 46.4 Å². The molecule has 3 aromatic rings. The molecule has 1 aliphatic heterocycles. The molecule has 7 heteroatoms. The van der Waals surface area contributed by atoms with E-state index in [-0.39, 0.29) is 17.6 Å². The lowest BCUT2D eigenvalue weighted by atomic mass is 9.83. The number of nitrogens with one attached hydrogen (secondary N) is 1. The number of halogens is 2. The lowest BCUT2D eigenvalue weighted by Crippen LogP contribution is -2.53. The van der Waals surface area contributed by atoms with Crippen LogP contribution in [0.25, 0.3) is 10.9 Å². The van der Waals surface area contributed by atoms with E-state index in [1.807, 2.05) is 6.07 Å². The molecule has 0 unspecified atom stereocenters. The second-order valence-electron chi connectivity index (χ2n) is 10.1. The number of hydrogen-bond donors (Lipinski definition) is 2. The summed E-state index contributed by atoms with van der Waals surface area (Å²) in [5, 5.41) is 0.992. The summed E-state index contributed by atoms with van der Waals surface area (Å²) >= 11 is 0. The number of aromatic amines is 1. The number of amides is 1. The van der Waals surface area contributed by atoms with Crippen molar-refractivity contribution in [3.8, 4) is 5.75 Å². The van der Waals surface area contributed by atoms with Crippen molar-refractivity contribution in [3.05, 3.63) is 64.4 Å². The van der Waals surface area contributed by atoms with Gasteiger partial charge in [0.25, 0.3) is 0 Å². The van der Waals surface area contributed by atoms with Crippen LogP contribution in [0, 0.1) is 17.6 Å². The predicted molar refractivity (Wildman–Crippen MR) is 126 cm³/mol. The first-order chi connectivity index (χ1) is 16.5. The average molecular weight is 466 g/mol. The molecule has 2 heterocycles. The van der Waals surface area contributed by atoms with Gasteiger partial charge in [-0.15, -0.1) is 0 Å². The minimum atomic E-state index is -0.554. The van der Waals surface area contributed by atoms with E-state index in [0.717, 1.165) is 49.6 Å². The summed E-state index contributed by atoms with van der Waals surface area (Å²) in [5.41, 5.74) is 9.99. The van der Waals surface area contributed by atoms with Crippen molar-refractivity contribution >= 4 is 16.8 Å².